The van der Waals surface area contributed by atoms with E-state index in [9.17, 15) is 4.39 Å². The van der Waals surface area contributed by atoms with Gasteiger partial charge in [-0.2, -0.15) is 5.10 Å². The highest BCUT2D eigenvalue weighted by Gasteiger charge is 2.11. The number of nitrogens with zero attached hydrogens (tertiary/aromatic N) is 3. The molecule has 5 heteroatoms. The smallest absolute Gasteiger partial charge is 0.155 e. The molecule has 90 valence electrons. The van der Waals surface area contributed by atoms with E-state index in [0.29, 0.717) is 11.4 Å². The lowest BCUT2D eigenvalue weighted by Crippen LogP contribution is -1.91. The van der Waals surface area contributed by atoms with Gasteiger partial charge in [0.05, 0.1) is 12.8 Å². The monoisotopic (exact) mass is 243 g/mol. The Balaban J connectivity index is 2.19. The third-order valence-electron chi connectivity index (χ3n) is 2.68. The van der Waals surface area contributed by atoms with Crippen molar-refractivity contribution in [3.8, 4) is 17.0 Å². The molecule has 0 N–H and O–H groups in total. The van der Waals surface area contributed by atoms with E-state index in [2.05, 4.69) is 10.1 Å². The molecule has 0 aliphatic heterocycles. The van der Waals surface area contributed by atoms with Gasteiger partial charge in [-0.15, -0.1) is 0 Å². The fourth-order valence-corrected chi connectivity index (χ4v) is 1.84. The highest BCUT2D eigenvalue weighted by atomic mass is 19.1. The van der Waals surface area contributed by atoms with Crippen LogP contribution in [0, 0.1) is 5.82 Å². The molecular weight excluding hydrogens is 233 g/mol. The zero-order chi connectivity index (χ0) is 12.5. The highest BCUT2D eigenvalue weighted by Crippen LogP contribution is 2.29. The Morgan fingerprint density at radius 2 is 2.17 bits per heavy atom. The molecule has 3 aromatic rings. The van der Waals surface area contributed by atoms with Gasteiger partial charge in [0.2, 0.25) is 0 Å². The van der Waals surface area contributed by atoms with Gasteiger partial charge in [-0.25, -0.2) is 13.9 Å². The normalized spacial score (nSPS) is 10.8. The molecule has 0 amide bonds. The second kappa shape index (κ2) is 4.10. The molecule has 0 bridgehead atoms. The van der Waals surface area contributed by atoms with Gasteiger partial charge in [-0.3, -0.25) is 0 Å². The van der Waals surface area contributed by atoms with E-state index in [1.807, 2.05) is 12.3 Å². The molecule has 0 fully saturated rings. The lowest BCUT2D eigenvalue weighted by Gasteiger charge is -2.05. The summed E-state index contributed by atoms with van der Waals surface area (Å²) in [4.78, 5) is 4.19. The number of halogens is 1. The van der Waals surface area contributed by atoms with Crippen LogP contribution in [0.4, 0.5) is 4.39 Å². The molecule has 3 rings (SSSR count). The van der Waals surface area contributed by atoms with E-state index in [1.165, 1.54) is 19.2 Å². The summed E-state index contributed by atoms with van der Waals surface area (Å²) in [5.41, 5.74) is 2.17. The number of ether oxygens (including phenoxy) is 1. The average molecular weight is 243 g/mol. The van der Waals surface area contributed by atoms with Gasteiger partial charge in [-0.05, 0) is 18.2 Å². The molecule has 0 spiro atoms. The van der Waals surface area contributed by atoms with Crippen molar-refractivity contribution >= 4 is 5.65 Å². The van der Waals surface area contributed by atoms with Gasteiger partial charge < -0.3 is 4.74 Å². The Bertz CT molecular complexity index is 675. The first-order valence-electron chi connectivity index (χ1n) is 5.42. The Morgan fingerprint density at radius 3 is 2.94 bits per heavy atom. The summed E-state index contributed by atoms with van der Waals surface area (Å²) < 4.78 is 20.0. The summed E-state index contributed by atoms with van der Waals surface area (Å²) in [6.07, 6.45) is 3.50. The average Bonchev–Trinajstić information content (AvgIpc) is 2.82. The van der Waals surface area contributed by atoms with Crippen LogP contribution in [-0.4, -0.2) is 21.7 Å². The summed E-state index contributed by atoms with van der Waals surface area (Å²) in [6, 6.07) is 8.00. The fraction of sp³-hybridized carbons (Fsp3) is 0.0769. The second-order valence-corrected chi connectivity index (χ2v) is 3.80. The molecule has 2 aromatic heterocycles. The van der Waals surface area contributed by atoms with E-state index in [0.717, 1.165) is 11.2 Å². The number of methoxy groups -OCH3 is 1. The number of aromatic nitrogens is 3. The third kappa shape index (κ3) is 1.69. The maximum absolute atomic E-state index is 13.1. The van der Waals surface area contributed by atoms with Gasteiger partial charge in [0.1, 0.15) is 11.6 Å². The van der Waals surface area contributed by atoms with Crippen molar-refractivity contribution in [2.24, 2.45) is 0 Å². The summed E-state index contributed by atoms with van der Waals surface area (Å²) in [6.45, 7) is 0. The van der Waals surface area contributed by atoms with E-state index in [-0.39, 0.29) is 5.82 Å². The SMILES string of the molecule is COc1cc(F)ccc1-c1cc2ncccn2n1. The van der Waals surface area contributed by atoms with Crippen LogP contribution in [0.2, 0.25) is 0 Å². The van der Waals surface area contributed by atoms with E-state index in [1.54, 1.807) is 22.8 Å². The number of rotatable bonds is 2. The van der Waals surface area contributed by atoms with Crippen LogP contribution in [0.3, 0.4) is 0 Å². The van der Waals surface area contributed by atoms with Gasteiger partial charge >= 0.3 is 0 Å². The van der Waals surface area contributed by atoms with Crippen LogP contribution in [0.15, 0.2) is 42.7 Å². The van der Waals surface area contributed by atoms with Crippen molar-refractivity contribution in [2.45, 2.75) is 0 Å². The molecule has 18 heavy (non-hydrogen) atoms. The van der Waals surface area contributed by atoms with Crippen LogP contribution in [0.5, 0.6) is 5.75 Å². The third-order valence-corrected chi connectivity index (χ3v) is 2.68. The van der Waals surface area contributed by atoms with E-state index < -0.39 is 0 Å². The predicted molar refractivity (Wildman–Crippen MR) is 64.9 cm³/mol. The summed E-state index contributed by atoms with van der Waals surface area (Å²) >= 11 is 0. The van der Waals surface area contributed by atoms with E-state index in [4.69, 9.17) is 4.74 Å². The molecule has 0 aliphatic rings. The number of benzene rings is 1. The Labute approximate surface area is 103 Å². The Kier molecular flexibility index (Phi) is 2.44. The molecule has 4 nitrogen and oxygen atoms in total. The minimum absolute atomic E-state index is 0.336. The zero-order valence-electron chi connectivity index (χ0n) is 9.67. The first-order valence-corrected chi connectivity index (χ1v) is 5.42. The first kappa shape index (κ1) is 10.7. The van der Waals surface area contributed by atoms with Crippen molar-refractivity contribution < 1.29 is 9.13 Å². The zero-order valence-corrected chi connectivity index (χ0v) is 9.67. The molecule has 1 aromatic carbocycles. The second-order valence-electron chi connectivity index (χ2n) is 3.80. The van der Waals surface area contributed by atoms with Gasteiger partial charge in [-0.1, -0.05) is 0 Å². The standard InChI is InChI=1S/C13H10FN3O/c1-18-12-7-9(14)3-4-10(12)11-8-13-15-5-2-6-17(13)16-11/h2-8H,1H3. The molecule has 0 radical (unpaired) electrons. The topological polar surface area (TPSA) is 39.4 Å². The molecule has 0 atom stereocenters. The first-order chi connectivity index (χ1) is 8.78. The van der Waals surface area contributed by atoms with E-state index >= 15 is 0 Å². The Hall–Kier alpha value is -2.43. The van der Waals surface area contributed by atoms with Crippen molar-refractivity contribution in [1.29, 1.82) is 0 Å². The van der Waals surface area contributed by atoms with Crippen LogP contribution >= 0.6 is 0 Å². The minimum Gasteiger partial charge on any atom is -0.496 e. The maximum atomic E-state index is 13.1. The largest absolute Gasteiger partial charge is 0.496 e. The van der Waals surface area contributed by atoms with Crippen molar-refractivity contribution in [3.63, 3.8) is 0 Å². The Morgan fingerprint density at radius 1 is 1.28 bits per heavy atom. The van der Waals surface area contributed by atoms with Crippen molar-refractivity contribution in [3.05, 3.63) is 48.5 Å². The molecule has 0 aliphatic carbocycles. The maximum Gasteiger partial charge on any atom is 0.155 e. The van der Waals surface area contributed by atoms with Gasteiger partial charge in [0, 0.05) is 30.1 Å². The van der Waals surface area contributed by atoms with Crippen LogP contribution in [0.1, 0.15) is 0 Å². The molecule has 0 saturated heterocycles. The highest BCUT2D eigenvalue weighted by molar-refractivity contribution is 5.70. The quantitative estimate of drug-likeness (QED) is 0.694. The minimum atomic E-state index is -0.336. The molecule has 2 heterocycles. The number of hydrogen-bond donors (Lipinski definition) is 0. The summed E-state index contributed by atoms with van der Waals surface area (Å²) in [5, 5.41) is 4.37. The molecule has 0 unspecified atom stereocenters. The lowest BCUT2D eigenvalue weighted by molar-refractivity contribution is 0.413. The summed E-state index contributed by atoms with van der Waals surface area (Å²) in [5.74, 6) is 0.121. The molecular formula is C13H10FN3O. The number of fused-ring (bicyclic) bond motifs is 1. The predicted octanol–water partition coefficient (Wildman–Crippen LogP) is 2.54. The van der Waals surface area contributed by atoms with Crippen molar-refractivity contribution in [1.82, 2.24) is 14.6 Å². The van der Waals surface area contributed by atoms with Gasteiger partial charge in [0.15, 0.2) is 5.65 Å². The fourth-order valence-electron chi connectivity index (χ4n) is 1.84. The van der Waals surface area contributed by atoms with Crippen LogP contribution < -0.4 is 4.74 Å². The summed E-state index contributed by atoms with van der Waals surface area (Å²) in [7, 11) is 1.51. The van der Waals surface area contributed by atoms with Crippen LogP contribution in [0.25, 0.3) is 16.9 Å². The van der Waals surface area contributed by atoms with Crippen LogP contribution in [-0.2, 0) is 0 Å². The number of hydrogen-bond acceptors (Lipinski definition) is 3. The van der Waals surface area contributed by atoms with Gasteiger partial charge in [0.25, 0.3) is 0 Å². The lowest BCUT2D eigenvalue weighted by atomic mass is 10.1. The molecule has 0 saturated carbocycles. The van der Waals surface area contributed by atoms with Crippen molar-refractivity contribution in [2.75, 3.05) is 7.11 Å².